The molecular weight excluding hydrogens is 471 g/mol. The van der Waals surface area contributed by atoms with Crippen LogP contribution in [0.5, 0.6) is 5.75 Å². The molecule has 1 saturated heterocycles. The molecule has 2 aromatic carbocycles. The Hall–Kier alpha value is -1.94. The minimum absolute atomic E-state index is 0.216. The maximum absolute atomic E-state index is 14.2. The number of anilines is 2. The van der Waals surface area contributed by atoms with E-state index in [1.54, 1.807) is 12.1 Å². The first-order chi connectivity index (χ1) is 14.5. The number of fused-ring (bicyclic) bond motifs is 1. The molecule has 0 bridgehead atoms. The molecule has 2 N–H and O–H groups in total. The van der Waals surface area contributed by atoms with Crippen LogP contribution < -0.4 is 10.1 Å². The second-order valence-corrected chi connectivity index (χ2v) is 9.18. The number of β-amino-alcohol motifs (C(OH)–C–C–N with tert-alkyl or cyclic N) is 1. The van der Waals surface area contributed by atoms with E-state index in [0.717, 1.165) is 29.1 Å². The van der Waals surface area contributed by atoms with E-state index in [-0.39, 0.29) is 12.4 Å². The molecule has 3 aromatic rings. The molecule has 1 aromatic heterocycles. The van der Waals surface area contributed by atoms with Gasteiger partial charge in [0.2, 0.25) is 0 Å². The monoisotopic (exact) mass is 492 g/mol. The van der Waals surface area contributed by atoms with Crippen LogP contribution in [0.15, 0.2) is 41.1 Å². The van der Waals surface area contributed by atoms with E-state index in [1.165, 1.54) is 12.4 Å². The van der Waals surface area contributed by atoms with Crippen molar-refractivity contribution in [2.45, 2.75) is 13.0 Å². The van der Waals surface area contributed by atoms with E-state index in [9.17, 15) is 9.50 Å². The predicted molar refractivity (Wildman–Crippen MR) is 122 cm³/mol. The lowest BCUT2D eigenvalue weighted by atomic mass is 10.1. The summed E-state index contributed by atoms with van der Waals surface area (Å²) in [6.45, 7) is 3.75. The largest absolute Gasteiger partial charge is 0.490 e. The number of aryl methyl sites for hydroxylation is 1. The maximum Gasteiger partial charge on any atom is 0.147 e. The summed E-state index contributed by atoms with van der Waals surface area (Å²) in [7, 11) is 0. The molecule has 1 unspecified atom stereocenters. The Morgan fingerprint density at radius 1 is 1.33 bits per heavy atom. The van der Waals surface area contributed by atoms with Gasteiger partial charge in [0.05, 0.1) is 11.2 Å². The Morgan fingerprint density at radius 2 is 2.20 bits per heavy atom. The molecule has 1 atom stereocenters. The summed E-state index contributed by atoms with van der Waals surface area (Å²) < 4.78 is 20.8. The number of aliphatic hydroxyl groups is 1. The zero-order valence-corrected chi connectivity index (χ0v) is 18.8. The van der Waals surface area contributed by atoms with Crippen LogP contribution in [0.2, 0.25) is 0 Å². The quantitative estimate of drug-likeness (QED) is 0.508. The zero-order chi connectivity index (χ0) is 21.1. The van der Waals surface area contributed by atoms with Gasteiger partial charge < -0.3 is 15.2 Å². The highest BCUT2D eigenvalue weighted by Crippen LogP contribution is 2.30. The van der Waals surface area contributed by atoms with Crippen molar-refractivity contribution in [1.82, 2.24) is 14.9 Å². The van der Waals surface area contributed by atoms with Gasteiger partial charge in [-0.1, -0.05) is 15.9 Å². The Morgan fingerprint density at radius 3 is 2.97 bits per heavy atom. The number of nitrogens with zero attached hydrogens (tertiary/aromatic N) is 3. The highest BCUT2D eigenvalue weighted by molar-refractivity contribution is 9.10. The molecule has 1 fully saturated rings. The van der Waals surface area contributed by atoms with Gasteiger partial charge in [-0.2, -0.15) is 0 Å². The minimum Gasteiger partial charge on any atom is -0.490 e. The van der Waals surface area contributed by atoms with Crippen molar-refractivity contribution >= 4 is 50.1 Å². The fraction of sp³-hybridized carbons (Fsp3) is 0.333. The molecule has 158 valence electrons. The van der Waals surface area contributed by atoms with Crippen LogP contribution in [0, 0.1) is 12.7 Å². The normalized spacial score (nSPS) is 15.5. The molecule has 1 aliphatic rings. The Balaban J connectivity index is 1.51. The Labute approximate surface area is 187 Å². The second-order valence-electron chi connectivity index (χ2n) is 7.19. The van der Waals surface area contributed by atoms with Crippen LogP contribution in [-0.2, 0) is 0 Å². The van der Waals surface area contributed by atoms with Crippen LogP contribution in [0.4, 0.5) is 15.9 Å². The maximum atomic E-state index is 14.2. The van der Waals surface area contributed by atoms with Gasteiger partial charge in [-0.05, 0) is 36.8 Å². The standard InChI is InChI=1S/C21H22BrFN4O2S/c1-13-6-16-19(8-20(13)29-10-15(28)9-27-4-5-30-12-27)24-11-25-21(16)26-18-3-2-14(22)7-17(18)23/h2-3,6-8,11,15,28H,4-5,9-10,12H2,1H3,(H,24,25,26). The second kappa shape index (κ2) is 9.47. The van der Waals surface area contributed by atoms with Crippen LogP contribution in [-0.4, -0.2) is 57.4 Å². The third-order valence-corrected chi connectivity index (χ3v) is 6.35. The van der Waals surface area contributed by atoms with E-state index in [0.29, 0.717) is 33.8 Å². The van der Waals surface area contributed by atoms with Crippen LogP contribution in [0.3, 0.4) is 0 Å². The Kier molecular flexibility index (Phi) is 6.72. The molecule has 0 spiro atoms. The minimum atomic E-state index is -0.554. The first-order valence-electron chi connectivity index (χ1n) is 9.58. The lowest BCUT2D eigenvalue weighted by molar-refractivity contribution is 0.0777. The third kappa shape index (κ3) is 5.03. The van der Waals surface area contributed by atoms with Gasteiger partial charge in [0.15, 0.2) is 0 Å². The summed E-state index contributed by atoms with van der Waals surface area (Å²) in [5, 5.41) is 14.1. The summed E-state index contributed by atoms with van der Waals surface area (Å²) in [6, 6.07) is 8.55. The molecular formula is C21H22BrFN4O2S. The van der Waals surface area contributed by atoms with Crippen LogP contribution in [0.1, 0.15) is 5.56 Å². The van der Waals surface area contributed by atoms with Crippen molar-refractivity contribution in [3.05, 3.63) is 52.5 Å². The smallest absolute Gasteiger partial charge is 0.147 e. The molecule has 0 aliphatic carbocycles. The van der Waals surface area contributed by atoms with Crippen molar-refractivity contribution < 1.29 is 14.2 Å². The molecule has 9 heteroatoms. The van der Waals surface area contributed by atoms with Gasteiger partial charge in [0, 0.05) is 40.6 Å². The number of rotatable bonds is 7. The number of nitrogens with one attached hydrogen (secondary N) is 1. The lowest BCUT2D eigenvalue weighted by Gasteiger charge is -2.19. The highest BCUT2D eigenvalue weighted by atomic mass is 79.9. The summed E-state index contributed by atoms with van der Waals surface area (Å²) >= 11 is 5.13. The SMILES string of the molecule is Cc1cc2c(Nc3ccc(Br)cc3F)ncnc2cc1OCC(O)CN1CCSC1. The van der Waals surface area contributed by atoms with Crippen LogP contribution in [0.25, 0.3) is 10.9 Å². The Bertz CT molecular complexity index is 1050. The summed E-state index contributed by atoms with van der Waals surface area (Å²) in [4.78, 5) is 10.8. The van der Waals surface area contributed by atoms with E-state index in [1.807, 2.05) is 30.8 Å². The number of hydrogen-bond donors (Lipinski definition) is 2. The zero-order valence-electron chi connectivity index (χ0n) is 16.4. The molecule has 0 saturated carbocycles. The van der Waals surface area contributed by atoms with E-state index < -0.39 is 6.10 Å². The van der Waals surface area contributed by atoms with Gasteiger partial charge >= 0.3 is 0 Å². The van der Waals surface area contributed by atoms with Crippen molar-refractivity contribution in [2.24, 2.45) is 0 Å². The van der Waals surface area contributed by atoms with Gasteiger partial charge in [0.1, 0.15) is 36.4 Å². The first kappa shape index (κ1) is 21.3. The molecule has 2 heterocycles. The van der Waals surface area contributed by atoms with E-state index >= 15 is 0 Å². The third-order valence-electron chi connectivity index (χ3n) is 4.84. The lowest BCUT2D eigenvalue weighted by Crippen LogP contribution is -2.33. The summed E-state index contributed by atoms with van der Waals surface area (Å²) in [5.74, 6) is 2.87. The van der Waals surface area contributed by atoms with Gasteiger partial charge in [-0.3, -0.25) is 4.90 Å². The predicted octanol–water partition coefficient (Wildman–Crippen LogP) is 4.33. The number of benzene rings is 2. The van der Waals surface area contributed by atoms with E-state index in [4.69, 9.17) is 4.74 Å². The number of aliphatic hydroxyl groups excluding tert-OH is 1. The van der Waals surface area contributed by atoms with Crippen molar-refractivity contribution in [2.75, 3.05) is 36.6 Å². The number of aromatic nitrogens is 2. The molecule has 0 radical (unpaired) electrons. The van der Waals surface area contributed by atoms with Gasteiger partial charge in [0.25, 0.3) is 0 Å². The van der Waals surface area contributed by atoms with Gasteiger partial charge in [-0.15, -0.1) is 11.8 Å². The molecule has 4 rings (SSSR count). The van der Waals surface area contributed by atoms with Crippen molar-refractivity contribution in [1.29, 1.82) is 0 Å². The average Bonchev–Trinajstić information content (AvgIpc) is 3.22. The molecule has 6 nitrogen and oxygen atoms in total. The van der Waals surface area contributed by atoms with E-state index in [2.05, 4.69) is 36.1 Å². The average molecular weight is 493 g/mol. The van der Waals surface area contributed by atoms with Crippen molar-refractivity contribution in [3.8, 4) is 5.75 Å². The fourth-order valence-corrected chi connectivity index (χ4v) is 4.64. The number of hydrogen-bond acceptors (Lipinski definition) is 7. The first-order valence-corrected chi connectivity index (χ1v) is 11.5. The summed E-state index contributed by atoms with van der Waals surface area (Å²) in [5.41, 5.74) is 1.90. The fourth-order valence-electron chi connectivity index (χ4n) is 3.30. The molecule has 0 amide bonds. The van der Waals surface area contributed by atoms with Crippen LogP contribution >= 0.6 is 27.7 Å². The number of halogens is 2. The molecule has 1 aliphatic heterocycles. The molecule has 30 heavy (non-hydrogen) atoms. The summed E-state index contributed by atoms with van der Waals surface area (Å²) in [6.07, 6.45) is 0.877. The highest BCUT2D eigenvalue weighted by Gasteiger charge is 2.17. The topological polar surface area (TPSA) is 70.5 Å². The van der Waals surface area contributed by atoms with Crippen molar-refractivity contribution in [3.63, 3.8) is 0 Å². The van der Waals surface area contributed by atoms with Gasteiger partial charge in [-0.25, -0.2) is 14.4 Å². The number of ether oxygens (including phenoxy) is 1. The number of thioether (sulfide) groups is 1.